The zero-order chi connectivity index (χ0) is 18.6. The number of likely N-dealkylation sites (tertiary alicyclic amines) is 1. The lowest BCUT2D eigenvalue weighted by atomic mass is 9.93. The molecule has 5 heteroatoms. The van der Waals surface area contributed by atoms with Gasteiger partial charge in [0, 0.05) is 60.6 Å². The maximum Gasteiger partial charge on any atom is 0.0534 e. The minimum Gasteiger partial charge on any atom is -0.298 e. The van der Waals surface area contributed by atoms with Gasteiger partial charge in [-0.05, 0) is 43.1 Å². The number of aromatic nitrogens is 3. The van der Waals surface area contributed by atoms with E-state index in [0.29, 0.717) is 5.92 Å². The number of hydrogen-bond acceptors (Lipinski definition) is 3. The summed E-state index contributed by atoms with van der Waals surface area (Å²) in [6, 6.07) is 14.4. The highest BCUT2D eigenvalue weighted by Gasteiger charge is 2.23. The summed E-state index contributed by atoms with van der Waals surface area (Å²) in [6.07, 6.45) is 7.26. The van der Waals surface area contributed by atoms with Gasteiger partial charge in [-0.3, -0.25) is 14.6 Å². The average Bonchev–Trinajstić information content (AvgIpc) is 3.09. The van der Waals surface area contributed by atoms with E-state index in [0.717, 1.165) is 42.3 Å². The molecular formula is C22H25ClN4. The van der Waals surface area contributed by atoms with Crippen molar-refractivity contribution in [2.24, 2.45) is 7.05 Å². The van der Waals surface area contributed by atoms with Crippen LogP contribution in [-0.4, -0.2) is 32.8 Å². The van der Waals surface area contributed by atoms with Gasteiger partial charge in [-0.2, -0.15) is 5.10 Å². The first kappa shape index (κ1) is 18.2. The van der Waals surface area contributed by atoms with E-state index in [1.54, 1.807) is 0 Å². The molecule has 4 nitrogen and oxygen atoms in total. The van der Waals surface area contributed by atoms with E-state index in [1.165, 1.54) is 24.1 Å². The van der Waals surface area contributed by atoms with Crippen LogP contribution in [0.5, 0.6) is 0 Å². The molecule has 1 fully saturated rings. The highest BCUT2D eigenvalue weighted by molar-refractivity contribution is 6.31. The predicted molar refractivity (Wildman–Crippen MR) is 109 cm³/mol. The molecule has 0 saturated carbocycles. The van der Waals surface area contributed by atoms with E-state index in [9.17, 15) is 0 Å². The van der Waals surface area contributed by atoms with Crippen LogP contribution in [0.1, 0.15) is 41.3 Å². The predicted octanol–water partition coefficient (Wildman–Crippen LogP) is 4.44. The van der Waals surface area contributed by atoms with E-state index < -0.39 is 0 Å². The van der Waals surface area contributed by atoms with Crippen LogP contribution in [0.25, 0.3) is 0 Å². The Morgan fingerprint density at radius 2 is 2.04 bits per heavy atom. The van der Waals surface area contributed by atoms with Crippen LogP contribution < -0.4 is 0 Å². The normalized spacial score (nSPS) is 17.9. The molecule has 2 aromatic heterocycles. The number of piperidine rings is 1. The second-order valence-electron chi connectivity index (χ2n) is 7.42. The van der Waals surface area contributed by atoms with E-state index >= 15 is 0 Å². The summed E-state index contributed by atoms with van der Waals surface area (Å²) in [7, 11) is 1.97. The van der Waals surface area contributed by atoms with Gasteiger partial charge in [0.1, 0.15) is 0 Å². The van der Waals surface area contributed by atoms with Crippen molar-refractivity contribution in [2.45, 2.75) is 31.7 Å². The monoisotopic (exact) mass is 380 g/mol. The van der Waals surface area contributed by atoms with E-state index in [2.05, 4.69) is 40.5 Å². The first-order valence-electron chi connectivity index (χ1n) is 9.56. The number of hydrogen-bond donors (Lipinski definition) is 0. The molecule has 0 N–H and O–H groups in total. The van der Waals surface area contributed by atoms with Crippen molar-refractivity contribution in [3.05, 3.63) is 82.4 Å². The smallest absolute Gasteiger partial charge is 0.0534 e. The Labute approximate surface area is 165 Å². The topological polar surface area (TPSA) is 34.0 Å². The summed E-state index contributed by atoms with van der Waals surface area (Å²) in [5.41, 5.74) is 4.70. The van der Waals surface area contributed by atoms with Crippen molar-refractivity contribution >= 4 is 11.6 Å². The Hall–Kier alpha value is -2.17. The molecule has 0 unspecified atom stereocenters. The molecule has 1 aromatic carbocycles. The van der Waals surface area contributed by atoms with Gasteiger partial charge in [-0.25, -0.2) is 0 Å². The third-order valence-corrected chi connectivity index (χ3v) is 5.61. The Morgan fingerprint density at radius 1 is 1.15 bits per heavy atom. The largest absolute Gasteiger partial charge is 0.298 e. The van der Waals surface area contributed by atoms with Crippen molar-refractivity contribution in [1.82, 2.24) is 19.7 Å². The number of aryl methyl sites for hydroxylation is 1. The fourth-order valence-electron chi connectivity index (χ4n) is 3.91. The summed E-state index contributed by atoms with van der Waals surface area (Å²) < 4.78 is 1.87. The highest BCUT2D eigenvalue weighted by atomic mass is 35.5. The SMILES string of the molecule is Cn1cc(CN2CCC[C@H](c3cccc(Cc4ccccc4Cl)n3)C2)cn1. The minimum absolute atomic E-state index is 0.488. The van der Waals surface area contributed by atoms with Crippen LogP contribution in [0.2, 0.25) is 5.02 Å². The highest BCUT2D eigenvalue weighted by Crippen LogP contribution is 2.27. The Bertz CT molecular complexity index is 905. The summed E-state index contributed by atoms with van der Waals surface area (Å²) in [6.45, 7) is 3.16. The molecule has 3 heterocycles. The first-order chi connectivity index (χ1) is 13.2. The van der Waals surface area contributed by atoms with Crippen molar-refractivity contribution in [2.75, 3.05) is 13.1 Å². The number of nitrogens with zero attached hydrogens (tertiary/aromatic N) is 4. The van der Waals surface area contributed by atoms with Crippen LogP contribution >= 0.6 is 11.6 Å². The third kappa shape index (κ3) is 4.57. The molecule has 0 bridgehead atoms. The van der Waals surface area contributed by atoms with Gasteiger partial charge >= 0.3 is 0 Å². The lowest BCUT2D eigenvalue weighted by Crippen LogP contribution is -2.34. The van der Waals surface area contributed by atoms with Crippen LogP contribution in [0.3, 0.4) is 0 Å². The molecule has 1 saturated heterocycles. The Morgan fingerprint density at radius 3 is 2.85 bits per heavy atom. The minimum atomic E-state index is 0.488. The number of benzene rings is 1. The van der Waals surface area contributed by atoms with Crippen LogP contribution in [0.4, 0.5) is 0 Å². The quantitative estimate of drug-likeness (QED) is 0.656. The number of halogens is 1. The zero-order valence-electron chi connectivity index (χ0n) is 15.7. The summed E-state index contributed by atoms with van der Waals surface area (Å²) in [4.78, 5) is 7.50. The molecular weight excluding hydrogens is 356 g/mol. The molecule has 1 aliphatic heterocycles. The standard InChI is InChI=1S/C22H25ClN4/c1-26-14-17(13-24-26)15-27-11-5-7-19(16-27)22-10-4-8-20(25-22)12-18-6-2-3-9-21(18)23/h2-4,6,8-10,13-14,19H,5,7,11-12,15-16H2,1H3/t19-/m0/s1. The van der Waals surface area contributed by atoms with Gasteiger partial charge in [-0.15, -0.1) is 0 Å². The fraction of sp³-hybridized carbons (Fsp3) is 0.364. The van der Waals surface area contributed by atoms with E-state index in [-0.39, 0.29) is 0 Å². The molecule has 1 aliphatic rings. The fourth-order valence-corrected chi connectivity index (χ4v) is 4.12. The molecule has 0 aliphatic carbocycles. The Kier molecular flexibility index (Phi) is 5.55. The van der Waals surface area contributed by atoms with Gasteiger partial charge in [0.2, 0.25) is 0 Å². The summed E-state index contributed by atoms with van der Waals surface area (Å²) in [5, 5.41) is 5.09. The molecule has 3 aromatic rings. The summed E-state index contributed by atoms with van der Waals surface area (Å²) >= 11 is 6.32. The van der Waals surface area contributed by atoms with Crippen molar-refractivity contribution in [3.8, 4) is 0 Å². The lowest BCUT2D eigenvalue weighted by Gasteiger charge is -2.32. The molecule has 0 radical (unpaired) electrons. The van der Waals surface area contributed by atoms with E-state index in [1.807, 2.05) is 36.1 Å². The first-order valence-corrected chi connectivity index (χ1v) is 9.94. The maximum atomic E-state index is 6.32. The van der Waals surface area contributed by atoms with Crippen molar-refractivity contribution < 1.29 is 0 Å². The van der Waals surface area contributed by atoms with Gasteiger partial charge in [0.15, 0.2) is 0 Å². The van der Waals surface area contributed by atoms with Crippen LogP contribution in [-0.2, 0) is 20.0 Å². The van der Waals surface area contributed by atoms with Gasteiger partial charge in [-0.1, -0.05) is 35.9 Å². The second-order valence-corrected chi connectivity index (χ2v) is 7.83. The van der Waals surface area contributed by atoms with Crippen LogP contribution in [0, 0.1) is 0 Å². The van der Waals surface area contributed by atoms with E-state index in [4.69, 9.17) is 16.6 Å². The number of pyridine rings is 1. The average molecular weight is 381 g/mol. The maximum absolute atomic E-state index is 6.32. The Balaban J connectivity index is 1.45. The molecule has 140 valence electrons. The molecule has 0 amide bonds. The second kappa shape index (κ2) is 8.24. The van der Waals surface area contributed by atoms with Gasteiger partial charge in [0.05, 0.1) is 6.20 Å². The molecule has 27 heavy (non-hydrogen) atoms. The van der Waals surface area contributed by atoms with Gasteiger partial charge in [0.25, 0.3) is 0 Å². The lowest BCUT2D eigenvalue weighted by molar-refractivity contribution is 0.198. The molecule has 0 spiro atoms. The number of rotatable bonds is 5. The van der Waals surface area contributed by atoms with Crippen molar-refractivity contribution in [1.29, 1.82) is 0 Å². The molecule has 4 rings (SSSR count). The van der Waals surface area contributed by atoms with Crippen LogP contribution in [0.15, 0.2) is 54.9 Å². The summed E-state index contributed by atoms with van der Waals surface area (Å²) in [5.74, 6) is 0.488. The van der Waals surface area contributed by atoms with Crippen molar-refractivity contribution in [3.63, 3.8) is 0 Å². The zero-order valence-corrected chi connectivity index (χ0v) is 16.4. The third-order valence-electron chi connectivity index (χ3n) is 5.25. The molecule has 1 atom stereocenters. The van der Waals surface area contributed by atoms with Gasteiger partial charge < -0.3 is 0 Å².